The first-order chi connectivity index (χ1) is 18.5. The van der Waals surface area contributed by atoms with Crippen LogP contribution in [-0.2, 0) is 21.9 Å². The second-order valence-corrected chi connectivity index (χ2v) is 10.8. The topological polar surface area (TPSA) is 108 Å². The van der Waals surface area contributed by atoms with Crippen LogP contribution in [-0.4, -0.2) is 43.1 Å². The summed E-state index contributed by atoms with van der Waals surface area (Å²) >= 11 is 2.87. The van der Waals surface area contributed by atoms with Crippen molar-refractivity contribution in [3.8, 4) is 0 Å². The van der Waals surface area contributed by atoms with Crippen LogP contribution in [0.15, 0.2) is 80.8 Å². The van der Waals surface area contributed by atoms with Gasteiger partial charge >= 0.3 is 0 Å². The van der Waals surface area contributed by atoms with Crippen LogP contribution in [0.25, 0.3) is 5.65 Å². The van der Waals surface area contributed by atoms with Crippen LogP contribution in [0.4, 0.5) is 5.69 Å². The Hall–Kier alpha value is -4.09. The summed E-state index contributed by atoms with van der Waals surface area (Å²) in [7, 11) is 0. The maximum absolute atomic E-state index is 13.5. The average Bonchev–Trinajstić information content (AvgIpc) is 3.54. The summed E-state index contributed by atoms with van der Waals surface area (Å²) in [5.74, 6) is 0.288. The van der Waals surface area contributed by atoms with Gasteiger partial charge in [0.2, 0.25) is 5.91 Å². The second kappa shape index (κ2) is 9.99. The Morgan fingerprint density at radius 2 is 1.97 bits per heavy atom. The highest BCUT2D eigenvalue weighted by atomic mass is 32.2. The highest BCUT2D eigenvalue weighted by Crippen LogP contribution is 2.34. The Labute approximate surface area is 226 Å². The SMILES string of the molecule is Cc1cccc2nc(CSC3=Nc4ccccc4C4=N[C@@H](CC(=O)NCc5cccs5)C(=O)N34)cc(=O)n12. The molecule has 0 bridgehead atoms. The number of aryl methyl sites for hydroxylation is 1. The molecule has 0 fully saturated rings. The number of nitrogens with zero attached hydrogens (tertiary/aromatic N) is 5. The molecule has 5 heterocycles. The van der Waals surface area contributed by atoms with Gasteiger partial charge in [-0.25, -0.2) is 14.9 Å². The van der Waals surface area contributed by atoms with Crippen molar-refractivity contribution in [2.24, 2.45) is 9.98 Å². The predicted octanol–water partition coefficient (Wildman–Crippen LogP) is 3.66. The van der Waals surface area contributed by atoms with Crippen molar-refractivity contribution >= 4 is 57.3 Å². The Bertz CT molecular complexity index is 1690. The summed E-state index contributed by atoms with van der Waals surface area (Å²) in [5.41, 5.74) is 3.24. The zero-order chi connectivity index (χ0) is 26.2. The van der Waals surface area contributed by atoms with Gasteiger partial charge in [-0.2, -0.15) is 0 Å². The molecule has 2 aliphatic rings. The van der Waals surface area contributed by atoms with Crippen molar-refractivity contribution in [2.75, 3.05) is 0 Å². The van der Waals surface area contributed by atoms with E-state index in [0.29, 0.717) is 40.3 Å². The molecule has 2 aliphatic heterocycles. The monoisotopic (exact) mass is 542 g/mol. The number of thiophene rings is 1. The number of aliphatic imine (C=N–C) groups is 2. The van der Waals surface area contributed by atoms with E-state index in [2.05, 4.69) is 15.3 Å². The van der Waals surface area contributed by atoms with Crippen LogP contribution in [0.5, 0.6) is 0 Å². The molecule has 1 aromatic carbocycles. The van der Waals surface area contributed by atoms with Crippen LogP contribution >= 0.6 is 23.1 Å². The Balaban J connectivity index is 1.24. The first-order valence-electron chi connectivity index (χ1n) is 12.0. The lowest BCUT2D eigenvalue weighted by atomic mass is 10.1. The number of benzene rings is 1. The average molecular weight is 543 g/mol. The van der Waals surface area contributed by atoms with Crippen molar-refractivity contribution in [1.29, 1.82) is 0 Å². The molecule has 0 saturated heterocycles. The van der Waals surface area contributed by atoms with Crippen LogP contribution in [0.2, 0.25) is 0 Å². The second-order valence-electron chi connectivity index (χ2n) is 8.85. The number of thioether (sulfide) groups is 1. The summed E-state index contributed by atoms with van der Waals surface area (Å²) in [4.78, 5) is 55.4. The van der Waals surface area contributed by atoms with Crippen molar-refractivity contribution in [3.63, 3.8) is 0 Å². The van der Waals surface area contributed by atoms with Gasteiger partial charge in [-0.1, -0.05) is 36.0 Å². The van der Waals surface area contributed by atoms with Crippen LogP contribution in [0.1, 0.15) is 28.2 Å². The molecule has 0 radical (unpaired) electrons. The third-order valence-corrected chi connectivity index (χ3v) is 8.10. The standard InChI is InChI=1S/C27H22N6O3S2/c1-16-6-4-10-22-29-17(12-24(35)32(16)22)15-38-27-31-20-9-3-2-8-19(20)25-30-21(26(36)33(25)27)13-23(34)28-14-18-7-5-11-37-18/h2-12,21H,13-15H2,1H3,(H,28,34)/t21-/m0/s1. The minimum atomic E-state index is -0.836. The number of fused-ring (bicyclic) bond motifs is 4. The van der Waals surface area contributed by atoms with Crippen molar-refractivity contribution in [2.45, 2.75) is 31.7 Å². The molecule has 11 heteroatoms. The molecule has 0 spiro atoms. The number of para-hydroxylation sites is 1. The number of hydrogen-bond donors (Lipinski definition) is 1. The molecule has 0 aliphatic carbocycles. The lowest BCUT2D eigenvalue weighted by molar-refractivity contribution is -0.128. The number of amidine groups is 2. The van der Waals surface area contributed by atoms with Gasteiger partial charge in [0, 0.05) is 28.0 Å². The van der Waals surface area contributed by atoms with Gasteiger partial charge in [0.25, 0.3) is 11.5 Å². The first kappa shape index (κ1) is 24.3. The normalized spacial score (nSPS) is 16.2. The Morgan fingerprint density at radius 1 is 1.11 bits per heavy atom. The van der Waals surface area contributed by atoms with Gasteiger partial charge in [-0.3, -0.25) is 23.8 Å². The van der Waals surface area contributed by atoms with E-state index in [0.717, 1.165) is 16.1 Å². The summed E-state index contributed by atoms with van der Waals surface area (Å²) in [6.07, 6.45) is -0.0489. The number of pyridine rings is 1. The fourth-order valence-electron chi connectivity index (χ4n) is 4.45. The molecule has 3 aromatic heterocycles. The summed E-state index contributed by atoms with van der Waals surface area (Å²) in [6, 6.07) is 17.5. The molecule has 1 N–H and O–H groups in total. The van der Waals surface area contributed by atoms with E-state index in [1.807, 2.05) is 60.8 Å². The lowest BCUT2D eigenvalue weighted by Crippen LogP contribution is -2.42. The number of hydrogen-bond acceptors (Lipinski definition) is 8. The number of carbonyl (C=O) groups excluding carboxylic acids is 2. The van der Waals surface area contributed by atoms with Gasteiger partial charge in [0.1, 0.15) is 17.5 Å². The number of nitrogens with one attached hydrogen (secondary N) is 1. The molecular weight excluding hydrogens is 520 g/mol. The summed E-state index contributed by atoms with van der Waals surface area (Å²) in [6.45, 7) is 2.28. The van der Waals surface area contributed by atoms with Crippen molar-refractivity contribution in [3.05, 3.63) is 98.2 Å². The maximum atomic E-state index is 13.5. The van der Waals surface area contributed by atoms with E-state index in [1.54, 1.807) is 21.8 Å². The lowest BCUT2D eigenvalue weighted by Gasteiger charge is -2.25. The summed E-state index contributed by atoms with van der Waals surface area (Å²) < 4.78 is 1.56. The smallest absolute Gasteiger partial charge is 0.259 e. The number of aromatic nitrogens is 2. The van der Waals surface area contributed by atoms with Crippen LogP contribution < -0.4 is 10.9 Å². The molecule has 38 heavy (non-hydrogen) atoms. The molecule has 190 valence electrons. The van der Waals surface area contributed by atoms with E-state index in [-0.39, 0.29) is 23.8 Å². The van der Waals surface area contributed by atoms with Gasteiger partial charge < -0.3 is 5.32 Å². The maximum Gasteiger partial charge on any atom is 0.259 e. The molecule has 0 saturated carbocycles. The quantitative estimate of drug-likeness (QED) is 0.400. The van der Waals surface area contributed by atoms with E-state index < -0.39 is 6.04 Å². The predicted molar refractivity (Wildman–Crippen MR) is 149 cm³/mol. The Kier molecular flexibility index (Phi) is 6.38. The van der Waals surface area contributed by atoms with Crippen molar-refractivity contribution in [1.82, 2.24) is 19.6 Å². The molecule has 6 rings (SSSR count). The molecule has 4 aromatic rings. The molecule has 0 unspecified atom stereocenters. The van der Waals surface area contributed by atoms with Gasteiger partial charge in [-0.15, -0.1) is 11.3 Å². The third kappa shape index (κ3) is 4.54. The zero-order valence-electron chi connectivity index (χ0n) is 20.3. The van der Waals surface area contributed by atoms with E-state index in [9.17, 15) is 14.4 Å². The molecule has 1 atom stereocenters. The molecule has 9 nitrogen and oxygen atoms in total. The zero-order valence-corrected chi connectivity index (χ0v) is 22.0. The minimum absolute atomic E-state index is 0.0489. The van der Waals surface area contributed by atoms with Gasteiger partial charge in [-0.05, 0) is 42.6 Å². The summed E-state index contributed by atoms with van der Waals surface area (Å²) in [5, 5.41) is 5.27. The van der Waals surface area contributed by atoms with Crippen molar-refractivity contribution < 1.29 is 9.59 Å². The number of carbonyl (C=O) groups is 2. The van der Waals surface area contributed by atoms with Gasteiger partial charge in [0.05, 0.1) is 24.3 Å². The Morgan fingerprint density at radius 3 is 2.82 bits per heavy atom. The highest BCUT2D eigenvalue weighted by molar-refractivity contribution is 8.13. The van der Waals surface area contributed by atoms with E-state index in [4.69, 9.17) is 4.99 Å². The van der Waals surface area contributed by atoms with Gasteiger partial charge in [0.15, 0.2) is 5.17 Å². The number of amides is 2. The van der Waals surface area contributed by atoms with E-state index >= 15 is 0 Å². The molecule has 2 amide bonds. The minimum Gasteiger partial charge on any atom is -0.351 e. The number of rotatable bonds is 6. The highest BCUT2D eigenvalue weighted by Gasteiger charge is 2.42. The van der Waals surface area contributed by atoms with Crippen LogP contribution in [0, 0.1) is 6.92 Å². The first-order valence-corrected chi connectivity index (χ1v) is 13.8. The third-order valence-electron chi connectivity index (χ3n) is 6.25. The largest absolute Gasteiger partial charge is 0.351 e. The molecular formula is C27H22N6O3S2. The van der Waals surface area contributed by atoms with E-state index in [1.165, 1.54) is 22.7 Å². The fourth-order valence-corrected chi connectivity index (χ4v) is 5.99. The van der Waals surface area contributed by atoms with Crippen LogP contribution in [0.3, 0.4) is 0 Å². The fraction of sp³-hybridized carbons (Fsp3) is 0.185.